The highest BCUT2D eigenvalue weighted by atomic mass is 16.5. The molecule has 2 aromatic rings. The summed E-state index contributed by atoms with van der Waals surface area (Å²) in [6.07, 6.45) is 5.24. The topological polar surface area (TPSA) is 47.5 Å². The minimum absolute atomic E-state index is 0.184. The number of aromatic nitrogens is 2. The molecule has 1 fully saturated rings. The molecule has 0 unspecified atom stereocenters. The number of nitrogens with zero attached hydrogens (tertiary/aromatic N) is 3. The maximum Gasteiger partial charge on any atom is 0.161 e. The number of fused-ring (bicyclic) bond motifs is 1. The van der Waals surface area contributed by atoms with Crippen LogP contribution in [-0.4, -0.2) is 36.3 Å². The van der Waals surface area contributed by atoms with Crippen molar-refractivity contribution in [2.24, 2.45) is 0 Å². The summed E-state index contributed by atoms with van der Waals surface area (Å²) in [5.41, 5.74) is 2.55. The van der Waals surface area contributed by atoms with Crippen molar-refractivity contribution < 1.29 is 9.47 Å². The molecule has 0 radical (unpaired) electrons. The predicted molar refractivity (Wildman–Crippen MR) is 83.7 cm³/mol. The van der Waals surface area contributed by atoms with E-state index in [1.807, 2.05) is 24.3 Å². The van der Waals surface area contributed by atoms with Gasteiger partial charge in [-0.1, -0.05) is 12.1 Å². The molecule has 4 rings (SSSR count). The van der Waals surface area contributed by atoms with E-state index >= 15 is 0 Å². The van der Waals surface area contributed by atoms with Crippen molar-refractivity contribution in [3.05, 3.63) is 41.9 Å². The number of hydrogen-bond acceptors (Lipinski definition) is 5. The van der Waals surface area contributed by atoms with Crippen LogP contribution in [0.4, 0.5) is 5.82 Å². The molecule has 0 spiro atoms. The molecule has 1 aromatic carbocycles. The summed E-state index contributed by atoms with van der Waals surface area (Å²) in [4.78, 5) is 11.2. The van der Waals surface area contributed by atoms with Crippen LogP contribution in [0.25, 0.3) is 0 Å². The number of benzene rings is 1. The highest BCUT2D eigenvalue weighted by molar-refractivity contribution is 5.53. The van der Waals surface area contributed by atoms with Crippen LogP contribution in [0.1, 0.15) is 17.7 Å². The first-order valence-electron chi connectivity index (χ1n) is 7.72. The smallest absolute Gasteiger partial charge is 0.161 e. The van der Waals surface area contributed by atoms with Crippen molar-refractivity contribution >= 4 is 5.82 Å². The van der Waals surface area contributed by atoms with Gasteiger partial charge in [0, 0.05) is 11.3 Å². The molecule has 0 bridgehead atoms. The molecule has 22 heavy (non-hydrogen) atoms. The van der Waals surface area contributed by atoms with Crippen LogP contribution in [-0.2, 0) is 12.8 Å². The van der Waals surface area contributed by atoms with Crippen LogP contribution in [0.5, 0.6) is 11.5 Å². The molecule has 1 aliphatic heterocycles. The van der Waals surface area contributed by atoms with Gasteiger partial charge in [-0.15, -0.1) is 0 Å². The van der Waals surface area contributed by atoms with Gasteiger partial charge in [0.25, 0.3) is 0 Å². The Balaban J connectivity index is 1.44. The number of methoxy groups -OCH3 is 1. The number of aryl methyl sites for hydroxylation is 1. The monoisotopic (exact) mass is 297 g/mol. The van der Waals surface area contributed by atoms with Gasteiger partial charge >= 0.3 is 0 Å². The van der Waals surface area contributed by atoms with Gasteiger partial charge < -0.3 is 14.4 Å². The van der Waals surface area contributed by atoms with Gasteiger partial charge in [0.1, 0.15) is 18.2 Å². The first-order valence-corrected chi connectivity index (χ1v) is 7.72. The third-order valence-electron chi connectivity index (χ3n) is 4.36. The number of anilines is 1. The molecule has 5 nitrogen and oxygen atoms in total. The number of hydrogen-bond donors (Lipinski definition) is 0. The van der Waals surface area contributed by atoms with Crippen LogP contribution < -0.4 is 14.4 Å². The van der Waals surface area contributed by atoms with Crippen LogP contribution in [0, 0.1) is 0 Å². The minimum atomic E-state index is 0.184. The lowest BCUT2D eigenvalue weighted by atomic mass is 10.1. The minimum Gasteiger partial charge on any atom is -0.493 e. The van der Waals surface area contributed by atoms with Crippen molar-refractivity contribution in [3.8, 4) is 11.5 Å². The molecule has 0 amide bonds. The Labute approximate surface area is 129 Å². The van der Waals surface area contributed by atoms with Gasteiger partial charge in [-0.25, -0.2) is 9.97 Å². The summed E-state index contributed by atoms with van der Waals surface area (Å²) >= 11 is 0. The third kappa shape index (κ3) is 2.26. The van der Waals surface area contributed by atoms with Gasteiger partial charge in [-0.2, -0.15) is 0 Å². The van der Waals surface area contributed by atoms with Crippen LogP contribution >= 0.6 is 0 Å². The summed E-state index contributed by atoms with van der Waals surface area (Å²) in [5.74, 6) is 2.69. The quantitative estimate of drug-likeness (QED) is 0.866. The van der Waals surface area contributed by atoms with E-state index in [-0.39, 0.29) is 6.10 Å². The Bertz CT molecular complexity index is 683. The van der Waals surface area contributed by atoms with Gasteiger partial charge in [0.05, 0.1) is 20.2 Å². The maximum absolute atomic E-state index is 6.03. The lowest BCUT2D eigenvalue weighted by Crippen LogP contribution is -2.54. The van der Waals surface area contributed by atoms with Crippen LogP contribution in [0.2, 0.25) is 0 Å². The average Bonchev–Trinajstić information content (AvgIpc) is 2.99. The van der Waals surface area contributed by atoms with Crippen molar-refractivity contribution in [2.75, 3.05) is 25.1 Å². The normalized spacial score (nSPS) is 17.0. The molecule has 5 heteroatoms. The standard InChI is InChI=1S/C17H19N3O2/c1-21-15-7-2-3-8-16(15)22-12-9-20(10-12)17-13-5-4-6-14(13)18-11-19-17/h2-3,7-8,11-12H,4-6,9-10H2,1H3. The van der Waals surface area contributed by atoms with E-state index in [1.165, 1.54) is 17.7 Å². The molecular weight excluding hydrogens is 278 g/mol. The average molecular weight is 297 g/mol. The Morgan fingerprint density at radius 1 is 1.09 bits per heavy atom. The second kappa shape index (κ2) is 5.48. The lowest BCUT2D eigenvalue weighted by molar-refractivity contribution is 0.160. The maximum atomic E-state index is 6.03. The van der Waals surface area contributed by atoms with Gasteiger partial charge in [0.2, 0.25) is 0 Å². The van der Waals surface area contributed by atoms with Crippen molar-refractivity contribution in [1.29, 1.82) is 0 Å². The molecular formula is C17H19N3O2. The second-order valence-electron chi connectivity index (χ2n) is 5.77. The zero-order valence-electron chi connectivity index (χ0n) is 12.7. The molecule has 1 aromatic heterocycles. The van der Waals surface area contributed by atoms with E-state index in [1.54, 1.807) is 13.4 Å². The number of rotatable bonds is 4. The van der Waals surface area contributed by atoms with E-state index in [4.69, 9.17) is 9.47 Å². The Hall–Kier alpha value is -2.30. The van der Waals surface area contributed by atoms with Gasteiger partial charge in [0.15, 0.2) is 11.5 Å². The van der Waals surface area contributed by atoms with E-state index in [0.29, 0.717) is 0 Å². The first-order chi connectivity index (χ1) is 10.8. The molecule has 2 aliphatic rings. The van der Waals surface area contributed by atoms with E-state index < -0.39 is 0 Å². The summed E-state index contributed by atoms with van der Waals surface area (Å²) < 4.78 is 11.4. The van der Waals surface area contributed by atoms with Gasteiger partial charge in [-0.3, -0.25) is 0 Å². The fourth-order valence-corrected chi connectivity index (χ4v) is 3.20. The van der Waals surface area contributed by atoms with Crippen LogP contribution in [0.3, 0.4) is 0 Å². The Morgan fingerprint density at radius 2 is 1.91 bits per heavy atom. The SMILES string of the molecule is COc1ccccc1OC1CN(c2ncnc3c2CCC3)C1. The predicted octanol–water partition coefficient (Wildman–Crippen LogP) is 2.24. The van der Waals surface area contributed by atoms with Crippen LogP contribution in [0.15, 0.2) is 30.6 Å². The third-order valence-corrected chi connectivity index (χ3v) is 4.36. The summed E-state index contributed by atoms with van der Waals surface area (Å²) in [6.45, 7) is 1.73. The van der Waals surface area contributed by atoms with Crippen molar-refractivity contribution in [2.45, 2.75) is 25.4 Å². The van der Waals surface area contributed by atoms with E-state index in [9.17, 15) is 0 Å². The summed E-state index contributed by atoms with van der Waals surface area (Å²) in [7, 11) is 1.67. The number of ether oxygens (including phenoxy) is 2. The van der Waals surface area contributed by atoms with Crippen molar-refractivity contribution in [3.63, 3.8) is 0 Å². The molecule has 1 aliphatic carbocycles. The number of para-hydroxylation sites is 2. The zero-order valence-corrected chi connectivity index (χ0v) is 12.7. The molecule has 1 saturated heterocycles. The lowest BCUT2D eigenvalue weighted by Gasteiger charge is -2.40. The fraction of sp³-hybridized carbons (Fsp3) is 0.412. The fourth-order valence-electron chi connectivity index (χ4n) is 3.20. The Morgan fingerprint density at radius 3 is 2.73 bits per heavy atom. The highest BCUT2D eigenvalue weighted by Gasteiger charge is 2.33. The summed E-state index contributed by atoms with van der Waals surface area (Å²) in [6, 6.07) is 7.78. The van der Waals surface area contributed by atoms with E-state index in [0.717, 1.165) is 43.2 Å². The Kier molecular flexibility index (Phi) is 3.33. The molecule has 0 saturated carbocycles. The molecule has 2 heterocycles. The second-order valence-corrected chi connectivity index (χ2v) is 5.77. The van der Waals surface area contributed by atoms with E-state index in [2.05, 4.69) is 14.9 Å². The first kappa shape index (κ1) is 13.4. The molecule has 0 atom stereocenters. The molecule has 114 valence electrons. The summed E-state index contributed by atoms with van der Waals surface area (Å²) in [5, 5.41) is 0. The highest BCUT2D eigenvalue weighted by Crippen LogP contribution is 2.33. The molecule has 0 N–H and O–H groups in total. The zero-order chi connectivity index (χ0) is 14.9. The largest absolute Gasteiger partial charge is 0.493 e. The van der Waals surface area contributed by atoms with Gasteiger partial charge in [-0.05, 0) is 31.4 Å². The van der Waals surface area contributed by atoms with Crippen molar-refractivity contribution in [1.82, 2.24) is 9.97 Å².